The number of carbonyl (C=O) groups excluding carboxylic acids is 1. The van der Waals surface area contributed by atoms with E-state index in [2.05, 4.69) is 14.8 Å². The zero-order valence-corrected chi connectivity index (χ0v) is 17.5. The average molecular weight is 451 g/mol. The molecule has 8 heteroatoms. The van der Waals surface area contributed by atoms with Gasteiger partial charge in [0, 0.05) is 5.69 Å². The van der Waals surface area contributed by atoms with Crippen LogP contribution in [-0.2, 0) is 10.2 Å². The number of fused-ring (bicyclic) bond motifs is 1. The molecule has 0 atom stereocenters. The van der Waals surface area contributed by atoms with E-state index >= 15 is 0 Å². The van der Waals surface area contributed by atoms with Gasteiger partial charge in [-0.15, -0.1) is 8.78 Å². The van der Waals surface area contributed by atoms with E-state index in [1.54, 1.807) is 30.3 Å². The fraction of sp³-hybridized carbons (Fsp3) is 0.200. The molecule has 33 heavy (non-hydrogen) atoms. The number of hydrogen-bond donors (Lipinski definition) is 2. The van der Waals surface area contributed by atoms with Crippen molar-refractivity contribution in [2.45, 2.75) is 31.5 Å². The first-order valence-corrected chi connectivity index (χ1v) is 10.3. The largest absolute Gasteiger partial charge is 0.586 e. The van der Waals surface area contributed by atoms with Crippen molar-refractivity contribution < 1.29 is 33.0 Å². The lowest BCUT2D eigenvalue weighted by atomic mass is 9.94. The summed E-state index contributed by atoms with van der Waals surface area (Å²) in [7, 11) is 0. The molecule has 2 aliphatic rings. The molecule has 3 aromatic rings. The third-order valence-electron chi connectivity index (χ3n) is 6.05. The Labute approximate surface area is 187 Å². The lowest BCUT2D eigenvalue weighted by molar-refractivity contribution is -0.286. The number of anilines is 1. The Hall–Kier alpha value is -3.94. The second-order valence-corrected chi connectivity index (χ2v) is 8.28. The molecule has 1 fully saturated rings. The molecule has 1 aliphatic carbocycles. The SMILES string of the molecule is Cc1ccc(NC(=O)C2(c3ccc4c(c3)OC(F)(F)O4)CC2)cc1-c1cccc(C(=O)O)c1. The van der Waals surface area contributed by atoms with Crippen LogP contribution in [-0.4, -0.2) is 23.3 Å². The summed E-state index contributed by atoms with van der Waals surface area (Å²) in [6, 6.07) is 16.4. The second-order valence-electron chi connectivity index (χ2n) is 8.28. The van der Waals surface area contributed by atoms with Gasteiger partial charge in [0.05, 0.1) is 11.0 Å². The van der Waals surface area contributed by atoms with E-state index < -0.39 is 17.7 Å². The van der Waals surface area contributed by atoms with Crippen molar-refractivity contribution in [3.63, 3.8) is 0 Å². The third kappa shape index (κ3) is 3.77. The summed E-state index contributed by atoms with van der Waals surface area (Å²) in [4.78, 5) is 24.5. The zero-order valence-electron chi connectivity index (χ0n) is 17.5. The number of aryl methyl sites for hydroxylation is 1. The van der Waals surface area contributed by atoms with Crippen LogP contribution in [0.4, 0.5) is 14.5 Å². The van der Waals surface area contributed by atoms with Crippen LogP contribution in [0.2, 0.25) is 0 Å². The molecule has 0 bridgehead atoms. The smallest absolute Gasteiger partial charge is 0.478 e. The van der Waals surface area contributed by atoms with Crippen LogP contribution in [0.25, 0.3) is 11.1 Å². The Morgan fingerprint density at radius 1 is 0.970 bits per heavy atom. The predicted molar refractivity (Wildman–Crippen MR) is 116 cm³/mol. The van der Waals surface area contributed by atoms with E-state index in [0.717, 1.165) is 16.7 Å². The molecule has 3 aromatic carbocycles. The highest BCUT2D eigenvalue weighted by Gasteiger charge is 2.52. The van der Waals surface area contributed by atoms with Gasteiger partial charge in [0.1, 0.15) is 0 Å². The van der Waals surface area contributed by atoms with Crippen LogP contribution >= 0.6 is 0 Å². The molecule has 6 nitrogen and oxygen atoms in total. The van der Waals surface area contributed by atoms with E-state index in [-0.39, 0.29) is 23.0 Å². The minimum absolute atomic E-state index is 0.0632. The van der Waals surface area contributed by atoms with Crippen LogP contribution in [0.5, 0.6) is 11.5 Å². The molecular weight excluding hydrogens is 432 g/mol. The molecule has 5 rings (SSSR count). The lowest BCUT2D eigenvalue weighted by Crippen LogP contribution is -2.28. The van der Waals surface area contributed by atoms with Crippen molar-refractivity contribution in [1.82, 2.24) is 0 Å². The van der Waals surface area contributed by atoms with E-state index in [1.807, 2.05) is 19.1 Å². The lowest BCUT2D eigenvalue weighted by Gasteiger charge is -2.17. The summed E-state index contributed by atoms with van der Waals surface area (Å²) in [6.45, 7) is 1.90. The molecule has 1 amide bonds. The summed E-state index contributed by atoms with van der Waals surface area (Å²) >= 11 is 0. The highest BCUT2D eigenvalue weighted by atomic mass is 19.3. The standard InChI is InChI=1S/C25H19F2NO5/c1-14-5-7-18(13-19(14)15-3-2-4-16(11-15)22(29)30)28-23(31)24(9-10-24)17-6-8-20-21(12-17)33-25(26,27)32-20/h2-8,11-13H,9-10H2,1H3,(H,28,31)(H,29,30). The van der Waals surface area contributed by atoms with Gasteiger partial charge in [-0.1, -0.05) is 24.3 Å². The summed E-state index contributed by atoms with van der Waals surface area (Å²) < 4.78 is 35.7. The number of amides is 1. The first-order chi connectivity index (χ1) is 15.7. The van der Waals surface area contributed by atoms with Gasteiger partial charge in [0.2, 0.25) is 5.91 Å². The number of rotatable bonds is 5. The van der Waals surface area contributed by atoms with Crippen molar-refractivity contribution in [3.05, 3.63) is 77.4 Å². The molecular formula is C25H19F2NO5. The first-order valence-electron chi connectivity index (χ1n) is 10.3. The highest BCUT2D eigenvalue weighted by molar-refractivity contribution is 6.02. The van der Waals surface area contributed by atoms with E-state index in [4.69, 9.17) is 0 Å². The number of carbonyl (C=O) groups is 2. The van der Waals surface area contributed by atoms with Crippen LogP contribution in [0, 0.1) is 6.92 Å². The molecule has 0 saturated heterocycles. The molecule has 0 unspecified atom stereocenters. The maximum absolute atomic E-state index is 13.4. The van der Waals surface area contributed by atoms with Gasteiger partial charge >= 0.3 is 12.3 Å². The van der Waals surface area contributed by atoms with Crippen molar-refractivity contribution in [2.75, 3.05) is 5.32 Å². The fourth-order valence-corrected chi connectivity index (χ4v) is 4.10. The highest BCUT2D eigenvalue weighted by Crippen LogP contribution is 2.52. The molecule has 0 aromatic heterocycles. The van der Waals surface area contributed by atoms with Crippen LogP contribution in [0.15, 0.2) is 60.7 Å². The summed E-state index contributed by atoms with van der Waals surface area (Å²) in [6.07, 6.45) is -2.56. The quantitative estimate of drug-likeness (QED) is 0.546. The van der Waals surface area contributed by atoms with Crippen LogP contribution < -0.4 is 14.8 Å². The molecule has 168 valence electrons. The van der Waals surface area contributed by atoms with Crippen LogP contribution in [0.1, 0.15) is 34.3 Å². The Morgan fingerprint density at radius 3 is 2.45 bits per heavy atom. The van der Waals surface area contributed by atoms with Crippen molar-refractivity contribution in [2.24, 2.45) is 0 Å². The maximum Gasteiger partial charge on any atom is 0.586 e. The van der Waals surface area contributed by atoms with Crippen molar-refractivity contribution >= 4 is 17.6 Å². The average Bonchev–Trinajstić information content (AvgIpc) is 3.52. The van der Waals surface area contributed by atoms with Gasteiger partial charge in [0.15, 0.2) is 11.5 Å². The molecule has 0 radical (unpaired) electrons. The predicted octanol–water partition coefficient (Wildman–Crippen LogP) is 5.35. The third-order valence-corrected chi connectivity index (χ3v) is 6.05. The second kappa shape index (κ2) is 7.30. The number of nitrogens with one attached hydrogen (secondary N) is 1. The van der Waals surface area contributed by atoms with Crippen molar-refractivity contribution in [1.29, 1.82) is 0 Å². The normalized spacial score (nSPS) is 16.8. The number of ether oxygens (including phenoxy) is 2. The van der Waals surface area contributed by atoms with Gasteiger partial charge < -0.3 is 19.9 Å². The topological polar surface area (TPSA) is 84.9 Å². The van der Waals surface area contributed by atoms with Crippen LogP contribution in [0.3, 0.4) is 0 Å². The minimum atomic E-state index is -3.71. The Bertz CT molecular complexity index is 1300. The van der Waals surface area contributed by atoms with Gasteiger partial charge in [-0.3, -0.25) is 4.79 Å². The number of benzene rings is 3. The number of carboxylic acids is 1. The molecule has 2 N–H and O–H groups in total. The number of aromatic carboxylic acids is 1. The Balaban J connectivity index is 1.40. The summed E-state index contributed by atoms with van der Waals surface area (Å²) in [5.41, 5.74) is 2.93. The van der Waals surface area contributed by atoms with Gasteiger partial charge in [-0.2, -0.15) is 0 Å². The van der Waals surface area contributed by atoms with E-state index in [9.17, 15) is 23.5 Å². The Kier molecular flexibility index (Phi) is 4.63. The first kappa shape index (κ1) is 20.9. The monoisotopic (exact) mass is 451 g/mol. The molecule has 1 saturated carbocycles. The Morgan fingerprint density at radius 2 is 1.73 bits per heavy atom. The molecule has 0 spiro atoms. The van der Waals surface area contributed by atoms with E-state index in [0.29, 0.717) is 24.1 Å². The van der Waals surface area contributed by atoms with Gasteiger partial charge in [0.25, 0.3) is 0 Å². The van der Waals surface area contributed by atoms with Crippen molar-refractivity contribution in [3.8, 4) is 22.6 Å². The molecule has 1 aliphatic heterocycles. The number of alkyl halides is 2. The van der Waals surface area contributed by atoms with Gasteiger partial charge in [-0.05, 0) is 78.4 Å². The minimum Gasteiger partial charge on any atom is -0.478 e. The number of hydrogen-bond acceptors (Lipinski definition) is 4. The van der Waals surface area contributed by atoms with E-state index in [1.165, 1.54) is 18.2 Å². The molecule has 1 heterocycles. The number of carboxylic acid groups (broad SMARTS) is 1. The zero-order chi connectivity index (χ0) is 23.4. The summed E-state index contributed by atoms with van der Waals surface area (Å²) in [5.74, 6) is -1.42. The maximum atomic E-state index is 13.4. The fourth-order valence-electron chi connectivity index (χ4n) is 4.10. The van der Waals surface area contributed by atoms with Gasteiger partial charge in [-0.25, -0.2) is 4.79 Å². The summed E-state index contributed by atoms with van der Waals surface area (Å²) in [5, 5.41) is 12.2. The number of halogens is 2.